The molecule has 2 heterocycles. The number of hydrogen-bond donors (Lipinski definition) is 0. The highest BCUT2D eigenvalue weighted by Gasteiger charge is 2.38. The first kappa shape index (κ1) is 22.9. The van der Waals surface area contributed by atoms with E-state index in [1.165, 1.54) is 5.56 Å². The monoisotopic (exact) mass is 419 g/mol. The van der Waals surface area contributed by atoms with Crippen molar-refractivity contribution in [3.8, 4) is 17.6 Å². The molecule has 1 aliphatic rings. The lowest BCUT2D eigenvalue weighted by Gasteiger charge is -2.42. The van der Waals surface area contributed by atoms with Crippen molar-refractivity contribution in [3.05, 3.63) is 58.9 Å². The molecule has 0 bridgehead atoms. The van der Waals surface area contributed by atoms with Crippen LogP contribution in [0.25, 0.3) is 0 Å². The second-order valence-corrected chi connectivity index (χ2v) is 9.45. The Balaban J connectivity index is 1.61. The maximum absolute atomic E-state index is 11.4. The Bertz CT molecular complexity index is 978. The second kappa shape index (κ2) is 9.56. The number of fused-ring (bicyclic) bond motifs is 1. The average Bonchev–Trinajstić information content (AvgIpc) is 2.70. The van der Waals surface area contributed by atoms with Crippen LogP contribution < -0.4 is 4.74 Å². The molecule has 0 N–H and O–H groups in total. The maximum Gasteiger partial charge on any atom is 0.305 e. The molecule has 0 saturated heterocycles. The molecule has 4 heteroatoms. The van der Waals surface area contributed by atoms with Gasteiger partial charge in [0, 0.05) is 23.7 Å². The van der Waals surface area contributed by atoms with Crippen molar-refractivity contribution < 1.29 is 14.3 Å². The van der Waals surface area contributed by atoms with E-state index in [1.54, 1.807) is 0 Å². The second-order valence-electron chi connectivity index (χ2n) is 9.45. The molecule has 1 aromatic heterocycles. The molecule has 1 aliphatic heterocycles. The average molecular weight is 420 g/mol. The Labute approximate surface area is 186 Å². The van der Waals surface area contributed by atoms with Crippen LogP contribution in [0.3, 0.4) is 0 Å². The fourth-order valence-corrected chi connectivity index (χ4v) is 4.33. The van der Waals surface area contributed by atoms with Gasteiger partial charge in [-0.05, 0) is 87.6 Å². The molecule has 0 spiro atoms. The summed E-state index contributed by atoms with van der Waals surface area (Å²) in [5.74, 6) is 7.26. The third-order valence-corrected chi connectivity index (χ3v) is 5.52. The van der Waals surface area contributed by atoms with E-state index < -0.39 is 0 Å². The molecular formula is C27H33NO3. The number of esters is 1. The van der Waals surface area contributed by atoms with Crippen LogP contribution in [-0.4, -0.2) is 23.2 Å². The summed E-state index contributed by atoms with van der Waals surface area (Å²) < 4.78 is 11.1. The number of carbonyl (C=O) groups excluding carboxylic acids is 1. The Morgan fingerprint density at radius 3 is 2.65 bits per heavy atom. The van der Waals surface area contributed by atoms with E-state index in [-0.39, 0.29) is 17.0 Å². The van der Waals surface area contributed by atoms with Gasteiger partial charge in [0.15, 0.2) is 0 Å². The van der Waals surface area contributed by atoms with Gasteiger partial charge < -0.3 is 9.47 Å². The van der Waals surface area contributed by atoms with Gasteiger partial charge in [-0.15, -0.1) is 0 Å². The fraction of sp³-hybridized carbons (Fsp3) is 0.481. The highest BCUT2D eigenvalue weighted by molar-refractivity contribution is 5.69. The molecule has 0 unspecified atom stereocenters. The van der Waals surface area contributed by atoms with Crippen molar-refractivity contribution in [1.82, 2.24) is 4.98 Å². The minimum absolute atomic E-state index is 0.0436. The first-order chi connectivity index (χ1) is 14.7. The Hall–Kier alpha value is -2.80. The van der Waals surface area contributed by atoms with Crippen LogP contribution >= 0.6 is 0 Å². The van der Waals surface area contributed by atoms with E-state index in [0.717, 1.165) is 48.3 Å². The number of unbranched alkanes of at least 4 members (excludes halogenated alkanes) is 1. The van der Waals surface area contributed by atoms with Crippen molar-refractivity contribution in [3.63, 3.8) is 0 Å². The van der Waals surface area contributed by atoms with Crippen LogP contribution in [0.1, 0.15) is 82.7 Å². The fourth-order valence-electron chi connectivity index (χ4n) is 4.33. The normalized spacial score (nSPS) is 15.8. The number of rotatable bonds is 6. The first-order valence-electron chi connectivity index (χ1n) is 11.1. The Morgan fingerprint density at radius 1 is 1.13 bits per heavy atom. The van der Waals surface area contributed by atoms with E-state index >= 15 is 0 Å². The molecule has 1 aromatic carbocycles. The van der Waals surface area contributed by atoms with Crippen LogP contribution in [-0.2, 0) is 21.4 Å². The van der Waals surface area contributed by atoms with Crippen molar-refractivity contribution in [2.75, 3.05) is 6.61 Å². The predicted octanol–water partition coefficient (Wildman–Crippen LogP) is 5.60. The maximum atomic E-state index is 11.4. The third kappa shape index (κ3) is 6.34. The van der Waals surface area contributed by atoms with Gasteiger partial charge in [-0.2, -0.15) is 0 Å². The lowest BCUT2D eigenvalue weighted by atomic mass is 9.73. The van der Waals surface area contributed by atoms with Gasteiger partial charge in [0.25, 0.3) is 0 Å². The molecule has 0 radical (unpaired) electrons. The minimum Gasteiger partial charge on any atom is -0.488 e. The molecule has 0 saturated carbocycles. The lowest BCUT2D eigenvalue weighted by Crippen LogP contribution is -2.41. The predicted molar refractivity (Wildman–Crippen MR) is 123 cm³/mol. The van der Waals surface area contributed by atoms with Crippen LogP contribution in [0.2, 0.25) is 0 Å². The summed E-state index contributed by atoms with van der Waals surface area (Å²) in [4.78, 5) is 15.9. The van der Waals surface area contributed by atoms with Gasteiger partial charge in [-0.1, -0.05) is 25.8 Å². The van der Waals surface area contributed by atoms with Gasteiger partial charge in [0.1, 0.15) is 17.0 Å². The number of pyridine rings is 1. The molecule has 0 amide bonds. The largest absolute Gasteiger partial charge is 0.488 e. The first-order valence-corrected chi connectivity index (χ1v) is 11.1. The highest BCUT2D eigenvalue weighted by atomic mass is 16.5. The number of aryl methyl sites for hydroxylation is 1. The van der Waals surface area contributed by atoms with Gasteiger partial charge in [0.05, 0.1) is 6.61 Å². The molecule has 2 aromatic rings. The van der Waals surface area contributed by atoms with Crippen molar-refractivity contribution in [2.24, 2.45) is 0 Å². The van der Waals surface area contributed by atoms with Crippen molar-refractivity contribution >= 4 is 5.97 Å². The Morgan fingerprint density at radius 2 is 1.94 bits per heavy atom. The van der Waals surface area contributed by atoms with E-state index in [4.69, 9.17) is 9.47 Å². The molecule has 0 aliphatic carbocycles. The Kier molecular flexibility index (Phi) is 7.05. The molecule has 164 valence electrons. The molecule has 4 nitrogen and oxygen atoms in total. The number of aromatic nitrogens is 1. The van der Waals surface area contributed by atoms with E-state index in [9.17, 15) is 4.79 Å². The topological polar surface area (TPSA) is 48.4 Å². The summed E-state index contributed by atoms with van der Waals surface area (Å²) in [6.07, 6.45) is 5.99. The number of carbonyl (C=O) groups is 1. The zero-order valence-electron chi connectivity index (χ0n) is 19.4. The van der Waals surface area contributed by atoms with Crippen molar-refractivity contribution in [1.29, 1.82) is 0 Å². The van der Waals surface area contributed by atoms with Crippen molar-refractivity contribution in [2.45, 2.75) is 77.7 Å². The van der Waals surface area contributed by atoms with Gasteiger partial charge >= 0.3 is 5.97 Å². The smallest absolute Gasteiger partial charge is 0.305 e. The summed E-state index contributed by atoms with van der Waals surface area (Å²) in [5.41, 5.74) is 3.98. The molecule has 31 heavy (non-hydrogen) atoms. The highest BCUT2D eigenvalue weighted by Crippen LogP contribution is 2.44. The zero-order valence-corrected chi connectivity index (χ0v) is 19.4. The number of nitrogens with zero attached hydrogens (tertiary/aromatic N) is 1. The molecular weight excluding hydrogens is 386 g/mol. The minimum atomic E-state index is -0.159. The van der Waals surface area contributed by atoms with Gasteiger partial charge in [-0.3, -0.25) is 4.79 Å². The quantitative estimate of drug-likeness (QED) is 0.348. The molecule has 3 rings (SSSR count). The SMILES string of the molecule is CCOC(=O)CCCCc1ccc(C#Cc2ccc3c(c2)C(C)(C)CC(C)(C)O3)nc1. The third-order valence-electron chi connectivity index (χ3n) is 5.52. The van der Waals surface area contributed by atoms with E-state index in [0.29, 0.717) is 13.0 Å². The summed E-state index contributed by atoms with van der Waals surface area (Å²) in [6.45, 7) is 11.1. The summed E-state index contributed by atoms with van der Waals surface area (Å²) in [7, 11) is 0. The number of ether oxygens (including phenoxy) is 2. The number of benzene rings is 1. The number of hydrogen-bond acceptors (Lipinski definition) is 4. The van der Waals surface area contributed by atoms with Crippen LogP contribution in [0, 0.1) is 11.8 Å². The molecule has 0 fully saturated rings. The van der Waals surface area contributed by atoms with Crippen LogP contribution in [0.4, 0.5) is 0 Å². The lowest BCUT2D eigenvalue weighted by molar-refractivity contribution is -0.143. The standard InChI is InChI=1S/C27H33NO3/c1-6-30-25(29)10-8-7-9-21-12-15-22(28-18-21)14-11-20-13-16-24-23(17-20)26(2,3)19-27(4,5)31-24/h12-13,15-18H,6-10,19H2,1-5H3. The molecule has 0 atom stereocenters. The van der Waals surface area contributed by atoms with E-state index in [2.05, 4.69) is 56.7 Å². The van der Waals surface area contributed by atoms with Crippen LogP contribution in [0.15, 0.2) is 36.5 Å². The summed E-state index contributed by atoms with van der Waals surface area (Å²) in [5, 5.41) is 0. The van der Waals surface area contributed by atoms with Gasteiger partial charge in [0.2, 0.25) is 0 Å². The van der Waals surface area contributed by atoms with Gasteiger partial charge in [-0.25, -0.2) is 4.98 Å². The van der Waals surface area contributed by atoms with E-state index in [1.807, 2.05) is 31.3 Å². The summed E-state index contributed by atoms with van der Waals surface area (Å²) >= 11 is 0. The van der Waals surface area contributed by atoms with Crippen LogP contribution in [0.5, 0.6) is 5.75 Å². The summed E-state index contributed by atoms with van der Waals surface area (Å²) in [6, 6.07) is 10.2. The zero-order chi connectivity index (χ0) is 22.5.